The topological polar surface area (TPSA) is 63.3 Å². The van der Waals surface area contributed by atoms with E-state index in [1.54, 1.807) is 22.6 Å². The van der Waals surface area contributed by atoms with Crippen LogP contribution in [0.1, 0.15) is 11.7 Å². The second-order valence-corrected chi connectivity index (χ2v) is 3.73. The number of hydrogen-bond donors (Lipinski definition) is 2. The zero-order valence-corrected chi connectivity index (χ0v) is 8.96. The Morgan fingerprint density at radius 1 is 1.43 bits per heavy atom. The minimum atomic E-state index is -1.82. The van der Waals surface area contributed by atoms with Crippen molar-refractivity contribution in [1.29, 1.82) is 0 Å². The Morgan fingerprint density at radius 3 is 2.50 bits per heavy atom. The van der Waals surface area contributed by atoms with Crippen molar-refractivity contribution in [2.24, 2.45) is 5.73 Å². The van der Waals surface area contributed by atoms with Crippen LogP contribution in [0, 0.1) is 15.2 Å². The van der Waals surface area contributed by atoms with E-state index in [-0.39, 0.29) is 3.57 Å². The highest BCUT2D eigenvalue weighted by Crippen LogP contribution is 2.22. The molecular weight excluding hydrogens is 307 g/mol. The molecule has 1 rings (SSSR count). The Labute approximate surface area is 92.0 Å². The number of nitrogens with two attached hydrogens (primary N) is 1. The molecule has 1 amide bonds. The molecule has 3 N–H and O–H groups in total. The van der Waals surface area contributed by atoms with E-state index in [4.69, 9.17) is 10.8 Å². The largest absolute Gasteiger partial charge is 0.378 e. The maximum absolute atomic E-state index is 13.1. The molecule has 1 aromatic carbocycles. The molecule has 76 valence electrons. The van der Waals surface area contributed by atoms with Crippen molar-refractivity contribution in [3.63, 3.8) is 0 Å². The molecule has 14 heavy (non-hydrogen) atoms. The molecule has 1 aromatic rings. The summed E-state index contributed by atoms with van der Waals surface area (Å²) in [5.41, 5.74) is 4.30. The van der Waals surface area contributed by atoms with E-state index in [1.165, 1.54) is 6.07 Å². The van der Waals surface area contributed by atoms with Gasteiger partial charge in [-0.05, 0) is 28.7 Å². The summed E-state index contributed by atoms with van der Waals surface area (Å²) in [7, 11) is 0. The van der Waals surface area contributed by atoms with Gasteiger partial charge in [0.1, 0.15) is 0 Å². The van der Waals surface area contributed by atoms with Crippen molar-refractivity contribution in [3.8, 4) is 0 Å². The van der Waals surface area contributed by atoms with Crippen molar-refractivity contribution in [2.75, 3.05) is 0 Å². The monoisotopic (exact) mass is 313 g/mol. The highest BCUT2D eigenvalue weighted by molar-refractivity contribution is 14.1. The van der Waals surface area contributed by atoms with E-state index in [0.717, 1.165) is 6.07 Å². The molecule has 1 atom stereocenters. The summed E-state index contributed by atoms with van der Waals surface area (Å²) < 4.78 is 26.2. The van der Waals surface area contributed by atoms with E-state index in [2.05, 4.69) is 0 Å². The van der Waals surface area contributed by atoms with Crippen LogP contribution < -0.4 is 5.73 Å². The lowest BCUT2D eigenvalue weighted by molar-refractivity contribution is -0.126. The lowest BCUT2D eigenvalue weighted by atomic mass is 10.1. The van der Waals surface area contributed by atoms with Gasteiger partial charge in [-0.2, -0.15) is 0 Å². The van der Waals surface area contributed by atoms with Crippen LogP contribution in [-0.4, -0.2) is 11.0 Å². The van der Waals surface area contributed by atoms with E-state index in [9.17, 15) is 13.6 Å². The third kappa shape index (κ3) is 2.01. The first-order valence-corrected chi connectivity index (χ1v) is 4.63. The summed E-state index contributed by atoms with van der Waals surface area (Å²) in [5, 5.41) is 9.11. The normalized spacial score (nSPS) is 12.6. The van der Waals surface area contributed by atoms with Gasteiger partial charge >= 0.3 is 0 Å². The molecule has 0 radical (unpaired) electrons. The van der Waals surface area contributed by atoms with Crippen LogP contribution >= 0.6 is 22.6 Å². The fraction of sp³-hybridized carbons (Fsp3) is 0.125. The predicted octanol–water partition coefficient (Wildman–Crippen LogP) is 1.09. The molecule has 0 bridgehead atoms. The Hall–Kier alpha value is -0.760. The fourth-order valence-electron chi connectivity index (χ4n) is 0.905. The zero-order valence-electron chi connectivity index (χ0n) is 6.80. The van der Waals surface area contributed by atoms with Crippen molar-refractivity contribution in [2.45, 2.75) is 6.10 Å². The van der Waals surface area contributed by atoms with Gasteiger partial charge in [0, 0.05) is 5.56 Å². The summed E-state index contributed by atoms with van der Waals surface area (Å²) >= 11 is 1.59. The van der Waals surface area contributed by atoms with E-state index in [0.29, 0.717) is 0 Å². The third-order valence-electron chi connectivity index (χ3n) is 1.63. The van der Waals surface area contributed by atoms with Crippen LogP contribution in [-0.2, 0) is 4.79 Å². The van der Waals surface area contributed by atoms with Crippen molar-refractivity contribution in [3.05, 3.63) is 32.9 Å². The number of rotatable bonds is 2. The molecule has 1 unspecified atom stereocenters. The Morgan fingerprint density at radius 2 is 2.00 bits per heavy atom. The van der Waals surface area contributed by atoms with E-state index in [1.807, 2.05) is 0 Å². The average molecular weight is 313 g/mol. The molecule has 0 heterocycles. The molecule has 0 aromatic heterocycles. The first-order chi connectivity index (χ1) is 6.45. The number of aliphatic hydroxyl groups excluding tert-OH is 1. The molecule has 0 spiro atoms. The molecule has 0 aliphatic rings. The van der Waals surface area contributed by atoms with Crippen LogP contribution in [0.25, 0.3) is 0 Å². The maximum atomic E-state index is 13.1. The zero-order chi connectivity index (χ0) is 10.9. The summed E-state index contributed by atoms with van der Waals surface area (Å²) in [4.78, 5) is 10.5. The lowest BCUT2D eigenvalue weighted by Crippen LogP contribution is -2.22. The van der Waals surface area contributed by atoms with Gasteiger partial charge in [-0.3, -0.25) is 4.79 Å². The van der Waals surface area contributed by atoms with Crippen LogP contribution in [0.2, 0.25) is 0 Å². The number of amides is 1. The Balaban J connectivity index is 3.24. The summed E-state index contributed by atoms with van der Waals surface area (Å²) in [6.45, 7) is 0. The molecule has 0 saturated heterocycles. The molecule has 0 saturated carbocycles. The second-order valence-electron chi connectivity index (χ2n) is 2.57. The Bertz CT molecular complexity index is 384. The molecule has 0 aliphatic heterocycles. The van der Waals surface area contributed by atoms with Crippen LogP contribution in [0.3, 0.4) is 0 Å². The van der Waals surface area contributed by atoms with Gasteiger partial charge in [0.05, 0.1) is 3.57 Å². The van der Waals surface area contributed by atoms with Crippen LogP contribution in [0.15, 0.2) is 12.1 Å². The van der Waals surface area contributed by atoms with E-state index >= 15 is 0 Å². The molecular formula is C8H6F2INO2. The van der Waals surface area contributed by atoms with E-state index < -0.39 is 29.2 Å². The molecule has 0 aliphatic carbocycles. The maximum Gasteiger partial charge on any atom is 0.251 e. The minimum absolute atomic E-state index is 0.0699. The number of aliphatic hydroxyl groups is 1. The first-order valence-electron chi connectivity index (χ1n) is 3.56. The predicted molar refractivity (Wildman–Crippen MR) is 53.2 cm³/mol. The van der Waals surface area contributed by atoms with Crippen molar-refractivity contribution < 1.29 is 18.7 Å². The highest BCUT2D eigenvalue weighted by Gasteiger charge is 2.21. The number of benzene rings is 1. The number of hydrogen-bond acceptors (Lipinski definition) is 2. The number of primary amides is 1. The van der Waals surface area contributed by atoms with Gasteiger partial charge in [-0.25, -0.2) is 8.78 Å². The number of carbonyl (C=O) groups excluding carboxylic acids is 1. The summed E-state index contributed by atoms with van der Waals surface area (Å²) in [6, 6.07) is 2.37. The second kappa shape index (κ2) is 4.18. The first kappa shape index (κ1) is 11.3. The van der Waals surface area contributed by atoms with Crippen LogP contribution in [0.5, 0.6) is 0 Å². The average Bonchev–Trinajstić information content (AvgIpc) is 2.13. The third-order valence-corrected chi connectivity index (χ3v) is 2.46. The Kier molecular flexibility index (Phi) is 3.38. The highest BCUT2D eigenvalue weighted by atomic mass is 127. The lowest BCUT2D eigenvalue weighted by Gasteiger charge is -2.08. The minimum Gasteiger partial charge on any atom is -0.378 e. The van der Waals surface area contributed by atoms with Crippen molar-refractivity contribution in [1.82, 2.24) is 0 Å². The van der Waals surface area contributed by atoms with Gasteiger partial charge in [0.15, 0.2) is 17.7 Å². The number of halogens is 3. The van der Waals surface area contributed by atoms with Gasteiger partial charge in [0.2, 0.25) is 0 Å². The SMILES string of the molecule is NC(=O)C(O)c1ccc(I)c(F)c1F. The standard InChI is InChI=1S/C8H6F2INO2/c9-5-3(7(13)8(12)14)1-2-4(11)6(5)10/h1-2,7,13H,(H2,12,14). The smallest absolute Gasteiger partial charge is 0.251 e. The number of carbonyl (C=O) groups is 1. The molecule has 0 fully saturated rings. The summed E-state index contributed by atoms with van der Waals surface area (Å²) in [5.74, 6) is -3.46. The van der Waals surface area contributed by atoms with Gasteiger partial charge in [-0.15, -0.1) is 0 Å². The van der Waals surface area contributed by atoms with Crippen LogP contribution in [0.4, 0.5) is 8.78 Å². The quantitative estimate of drug-likeness (QED) is 0.634. The fourth-order valence-corrected chi connectivity index (χ4v) is 1.32. The molecule has 3 nitrogen and oxygen atoms in total. The molecule has 6 heteroatoms. The van der Waals surface area contributed by atoms with Gasteiger partial charge in [-0.1, -0.05) is 6.07 Å². The summed E-state index contributed by atoms with van der Waals surface area (Å²) in [6.07, 6.45) is -1.82. The van der Waals surface area contributed by atoms with Gasteiger partial charge < -0.3 is 10.8 Å². The van der Waals surface area contributed by atoms with Crippen molar-refractivity contribution >= 4 is 28.5 Å². The van der Waals surface area contributed by atoms with Gasteiger partial charge in [0.25, 0.3) is 5.91 Å².